The van der Waals surface area contributed by atoms with Gasteiger partial charge in [0.2, 0.25) is 0 Å². The molecule has 0 aliphatic carbocycles. The number of ether oxygens (including phenoxy) is 1. The van der Waals surface area contributed by atoms with Crippen LogP contribution >= 0.6 is 0 Å². The summed E-state index contributed by atoms with van der Waals surface area (Å²) in [5, 5.41) is 18.9. The Bertz CT molecular complexity index is 1110. The summed E-state index contributed by atoms with van der Waals surface area (Å²) in [6.07, 6.45) is 3.83. The number of likely N-dealkylation sites (tertiary alicyclic amines) is 1. The number of phenolic OH excluding ortho intramolecular Hbond substituents is 1. The van der Waals surface area contributed by atoms with Gasteiger partial charge in [-0.2, -0.15) is 5.26 Å². The van der Waals surface area contributed by atoms with Crippen LogP contribution < -0.4 is 9.64 Å². The van der Waals surface area contributed by atoms with Gasteiger partial charge in [-0.15, -0.1) is 0 Å². The third-order valence-corrected chi connectivity index (χ3v) is 5.77. The molecule has 0 unspecified atom stereocenters. The summed E-state index contributed by atoms with van der Waals surface area (Å²) >= 11 is 0. The molecule has 3 aromatic rings. The summed E-state index contributed by atoms with van der Waals surface area (Å²) in [5.74, 6) is 0.604. The summed E-state index contributed by atoms with van der Waals surface area (Å²) in [5.41, 5.74) is 2.10. The van der Waals surface area contributed by atoms with Gasteiger partial charge >= 0.3 is 0 Å². The number of phenols is 1. The lowest BCUT2D eigenvalue weighted by molar-refractivity contribution is 0.0999. The standard InChI is InChI=1S/C27H27N3O3/c28-20-21-5-4-6-22(19-21)27(32)30(23-7-11-25(31)12-8-23)24-9-13-26(14-10-24)33-18-17-29-15-2-1-3-16-29/h4-14,19,31H,1-3,15-18H2. The molecular formula is C27H27N3O3. The second-order valence-corrected chi connectivity index (χ2v) is 8.09. The van der Waals surface area contributed by atoms with Crippen LogP contribution in [0.5, 0.6) is 11.5 Å². The van der Waals surface area contributed by atoms with E-state index in [4.69, 9.17) is 4.74 Å². The van der Waals surface area contributed by atoms with Crippen LogP contribution in [0.1, 0.15) is 35.2 Å². The molecule has 1 fully saturated rings. The Morgan fingerprint density at radius 2 is 1.64 bits per heavy atom. The Labute approximate surface area is 194 Å². The van der Waals surface area contributed by atoms with Gasteiger partial charge in [0.15, 0.2) is 0 Å². The third-order valence-electron chi connectivity index (χ3n) is 5.77. The van der Waals surface area contributed by atoms with Crippen LogP contribution in [-0.2, 0) is 0 Å². The van der Waals surface area contributed by atoms with E-state index in [0.717, 1.165) is 25.4 Å². The summed E-state index contributed by atoms with van der Waals surface area (Å²) in [6.45, 7) is 3.81. The van der Waals surface area contributed by atoms with Crippen molar-refractivity contribution < 1.29 is 14.6 Å². The van der Waals surface area contributed by atoms with Crippen LogP contribution in [-0.4, -0.2) is 42.2 Å². The third kappa shape index (κ3) is 5.71. The molecular weight excluding hydrogens is 414 g/mol. The topological polar surface area (TPSA) is 76.8 Å². The van der Waals surface area contributed by atoms with Crippen molar-refractivity contribution in [2.45, 2.75) is 19.3 Å². The Balaban J connectivity index is 1.53. The highest BCUT2D eigenvalue weighted by atomic mass is 16.5. The minimum Gasteiger partial charge on any atom is -0.508 e. The van der Waals surface area contributed by atoms with E-state index in [1.54, 1.807) is 53.4 Å². The zero-order chi connectivity index (χ0) is 23.0. The van der Waals surface area contributed by atoms with Crippen LogP contribution in [0.25, 0.3) is 0 Å². The van der Waals surface area contributed by atoms with Crippen molar-refractivity contribution in [1.29, 1.82) is 5.26 Å². The number of nitriles is 1. The summed E-state index contributed by atoms with van der Waals surface area (Å²) < 4.78 is 5.93. The molecule has 6 nitrogen and oxygen atoms in total. The van der Waals surface area contributed by atoms with Crippen LogP contribution in [0, 0.1) is 11.3 Å². The van der Waals surface area contributed by atoms with E-state index in [1.807, 2.05) is 24.3 Å². The van der Waals surface area contributed by atoms with Gasteiger partial charge in [-0.1, -0.05) is 12.5 Å². The largest absolute Gasteiger partial charge is 0.508 e. The highest BCUT2D eigenvalue weighted by Crippen LogP contribution is 2.30. The van der Waals surface area contributed by atoms with Crippen LogP contribution in [0.2, 0.25) is 0 Å². The molecule has 3 aromatic carbocycles. The van der Waals surface area contributed by atoms with Crippen molar-refractivity contribution in [1.82, 2.24) is 4.90 Å². The molecule has 0 bridgehead atoms. The maximum absolute atomic E-state index is 13.4. The maximum atomic E-state index is 13.4. The summed E-state index contributed by atoms with van der Waals surface area (Å²) in [4.78, 5) is 17.4. The number of anilines is 2. The van der Waals surface area contributed by atoms with Gasteiger partial charge in [0.25, 0.3) is 5.91 Å². The van der Waals surface area contributed by atoms with E-state index >= 15 is 0 Å². The normalized spacial score (nSPS) is 13.8. The summed E-state index contributed by atoms with van der Waals surface area (Å²) in [7, 11) is 0. The molecule has 1 N–H and O–H groups in total. The number of piperidine rings is 1. The lowest BCUT2D eigenvalue weighted by Crippen LogP contribution is -2.33. The second-order valence-electron chi connectivity index (χ2n) is 8.09. The monoisotopic (exact) mass is 441 g/mol. The van der Waals surface area contributed by atoms with Crippen molar-refractivity contribution in [2.24, 2.45) is 0 Å². The van der Waals surface area contributed by atoms with Crippen molar-refractivity contribution in [3.8, 4) is 17.6 Å². The number of benzene rings is 3. The first-order chi connectivity index (χ1) is 16.1. The molecule has 1 amide bonds. The smallest absolute Gasteiger partial charge is 0.262 e. The molecule has 0 aromatic heterocycles. The highest BCUT2D eigenvalue weighted by molar-refractivity contribution is 6.11. The second kappa shape index (κ2) is 10.7. The van der Waals surface area contributed by atoms with E-state index in [-0.39, 0.29) is 11.7 Å². The van der Waals surface area contributed by atoms with E-state index in [9.17, 15) is 15.2 Å². The summed E-state index contributed by atoms with van der Waals surface area (Å²) in [6, 6.07) is 22.6. The van der Waals surface area contributed by atoms with Gasteiger partial charge in [0.1, 0.15) is 18.1 Å². The molecule has 0 spiro atoms. The molecule has 1 aliphatic heterocycles. The average Bonchev–Trinajstić information content (AvgIpc) is 2.87. The number of rotatable bonds is 7. The molecule has 0 atom stereocenters. The molecule has 1 heterocycles. The van der Waals surface area contributed by atoms with Crippen molar-refractivity contribution in [3.05, 3.63) is 83.9 Å². The molecule has 1 saturated heterocycles. The Morgan fingerprint density at radius 1 is 0.970 bits per heavy atom. The van der Waals surface area contributed by atoms with Gasteiger partial charge in [0.05, 0.1) is 11.6 Å². The van der Waals surface area contributed by atoms with Gasteiger partial charge in [-0.05, 0) is 92.7 Å². The number of hydrogen-bond acceptors (Lipinski definition) is 5. The number of hydrogen-bond donors (Lipinski definition) is 1. The molecule has 1 aliphatic rings. The predicted octanol–water partition coefficient (Wildman–Crippen LogP) is 5.11. The predicted molar refractivity (Wildman–Crippen MR) is 128 cm³/mol. The zero-order valence-electron chi connectivity index (χ0n) is 18.5. The fourth-order valence-corrected chi connectivity index (χ4v) is 4.00. The molecule has 168 valence electrons. The van der Waals surface area contributed by atoms with Gasteiger partial charge in [0, 0.05) is 23.5 Å². The number of aromatic hydroxyl groups is 1. The quantitative estimate of drug-likeness (QED) is 0.552. The fraction of sp³-hybridized carbons (Fsp3) is 0.259. The van der Waals surface area contributed by atoms with E-state index in [0.29, 0.717) is 29.1 Å². The molecule has 0 saturated carbocycles. The van der Waals surface area contributed by atoms with Crippen molar-refractivity contribution in [3.63, 3.8) is 0 Å². The average molecular weight is 442 g/mol. The minimum absolute atomic E-state index is 0.120. The lowest BCUT2D eigenvalue weighted by Gasteiger charge is -2.26. The SMILES string of the molecule is N#Cc1cccc(C(=O)N(c2ccc(O)cc2)c2ccc(OCCN3CCCCC3)cc2)c1. The van der Waals surface area contributed by atoms with Gasteiger partial charge in [-0.3, -0.25) is 14.6 Å². The molecule has 33 heavy (non-hydrogen) atoms. The van der Waals surface area contributed by atoms with E-state index < -0.39 is 0 Å². The lowest BCUT2D eigenvalue weighted by atomic mass is 10.1. The van der Waals surface area contributed by atoms with Crippen LogP contribution in [0.4, 0.5) is 11.4 Å². The number of nitrogens with zero attached hydrogens (tertiary/aromatic N) is 3. The van der Waals surface area contributed by atoms with Crippen LogP contribution in [0.3, 0.4) is 0 Å². The number of carbonyl (C=O) groups is 1. The van der Waals surface area contributed by atoms with E-state index in [2.05, 4.69) is 11.0 Å². The maximum Gasteiger partial charge on any atom is 0.262 e. The first kappa shape index (κ1) is 22.4. The number of amides is 1. The zero-order valence-corrected chi connectivity index (χ0v) is 18.5. The van der Waals surface area contributed by atoms with Gasteiger partial charge in [-0.25, -0.2) is 0 Å². The number of carbonyl (C=O) groups excluding carboxylic acids is 1. The van der Waals surface area contributed by atoms with Crippen molar-refractivity contribution in [2.75, 3.05) is 31.1 Å². The Morgan fingerprint density at radius 3 is 2.30 bits per heavy atom. The fourth-order valence-electron chi connectivity index (χ4n) is 4.00. The Hall–Kier alpha value is -3.82. The Kier molecular flexibility index (Phi) is 7.23. The minimum atomic E-state index is -0.267. The molecule has 4 rings (SSSR count). The first-order valence-corrected chi connectivity index (χ1v) is 11.2. The van der Waals surface area contributed by atoms with Crippen LogP contribution in [0.15, 0.2) is 72.8 Å². The van der Waals surface area contributed by atoms with Crippen molar-refractivity contribution >= 4 is 17.3 Å². The molecule has 6 heteroatoms. The first-order valence-electron chi connectivity index (χ1n) is 11.2. The highest BCUT2D eigenvalue weighted by Gasteiger charge is 2.20. The molecule has 0 radical (unpaired) electrons. The van der Waals surface area contributed by atoms with E-state index in [1.165, 1.54) is 19.3 Å². The van der Waals surface area contributed by atoms with Gasteiger partial charge < -0.3 is 9.84 Å².